The first-order chi connectivity index (χ1) is 14.6. The molecule has 4 nitrogen and oxygen atoms in total. The minimum Gasteiger partial charge on any atom is -0.341 e. The van der Waals surface area contributed by atoms with E-state index in [0.717, 1.165) is 41.0 Å². The molecule has 1 aromatic carbocycles. The number of benzene rings is 1. The number of anilines is 1. The molecule has 0 radical (unpaired) electrons. The predicted molar refractivity (Wildman–Crippen MR) is 126 cm³/mol. The molecular weight excluding hydrogens is 370 g/mol. The van der Waals surface area contributed by atoms with E-state index in [0.29, 0.717) is 0 Å². The summed E-state index contributed by atoms with van der Waals surface area (Å²) in [4.78, 5) is 18.5. The standard InChI is InChI=1S/C26H33N3O/c1-20(2)25(19-30)23-11-7-10-22(17-23)24-12-13-26(27-18-24)28-21(3)9-8-16-29-14-5-4-6-15-29/h7-13,17-20,25H,3-6,14-16H2,1-2H3,(H,27,28)/b9-8+. The summed E-state index contributed by atoms with van der Waals surface area (Å²) in [5, 5.41) is 3.25. The van der Waals surface area contributed by atoms with E-state index in [1.807, 2.05) is 36.5 Å². The number of hydrogen-bond donors (Lipinski definition) is 1. The highest BCUT2D eigenvalue weighted by molar-refractivity contribution is 5.68. The van der Waals surface area contributed by atoms with Crippen molar-refractivity contribution in [2.24, 2.45) is 5.92 Å². The van der Waals surface area contributed by atoms with Crippen LogP contribution in [0.5, 0.6) is 0 Å². The molecule has 0 bridgehead atoms. The Kier molecular flexibility index (Phi) is 7.97. The molecule has 0 saturated carbocycles. The normalized spacial score (nSPS) is 16.0. The van der Waals surface area contributed by atoms with Gasteiger partial charge >= 0.3 is 0 Å². The predicted octanol–water partition coefficient (Wildman–Crippen LogP) is 5.65. The van der Waals surface area contributed by atoms with Crippen molar-refractivity contribution in [3.63, 3.8) is 0 Å². The van der Waals surface area contributed by atoms with Crippen molar-refractivity contribution in [1.82, 2.24) is 9.88 Å². The third kappa shape index (κ3) is 6.14. The van der Waals surface area contributed by atoms with Gasteiger partial charge in [0.15, 0.2) is 0 Å². The number of carbonyl (C=O) groups excluding carboxylic acids is 1. The molecule has 1 aromatic heterocycles. The van der Waals surface area contributed by atoms with E-state index in [4.69, 9.17) is 0 Å². The Balaban J connectivity index is 1.59. The number of pyridine rings is 1. The van der Waals surface area contributed by atoms with Crippen molar-refractivity contribution in [2.45, 2.75) is 39.0 Å². The number of aromatic nitrogens is 1. The van der Waals surface area contributed by atoms with E-state index in [1.165, 1.54) is 32.4 Å². The van der Waals surface area contributed by atoms with Gasteiger partial charge < -0.3 is 10.1 Å². The zero-order valence-electron chi connectivity index (χ0n) is 18.2. The summed E-state index contributed by atoms with van der Waals surface area (Å²) < 4.78 is 0. The van der Waals surface area contributed by atoms with Gasteiger partial charge in [0.25, 0.3) is 0 Å². The number of hydrogen-bond acceptors (Lipinski definition) is 4. The number of likely N-dealkylation sites (tertiary alicyclic amines) is 1. The first-order valence-corrected chi connectivity index (χ1v) is 10.9. The van der Waals surface area contributed by atoms with E-state index < -0.39 is 0 Å². The van der Waals surface area contributed by atoms with Gasteiger partial charge in [-0.2, -0.15) is 0 Å². The second-order valence-electron chi connectivity index (χ2n) is 8.38. The highest BCUT2D eigenvalue weighted by Crippen LogP contribution is 2.27. The van der Waals surface area contributed by atoms with E-state index in [9.17, 15) is 4.79 Å². The molecule has 0 aliphatic carbocycles. The summed E-state index contributed by atoms with van der Waals surface area (Å²) in [6.45, 7) is 11.6. The largest absolute Gasteiger partial charge is 0.341 e. The van der Waals surface area contributed by atoms with Crippen molar-refractivity contribution >= 4 is 12.1 Å². The van der Waals surface area contributed by atoms with Gasteiger partial charge in [-0.15, -0.1) is 0 Å². The highest BCUT2D eigenvalue weighted by Gasteiger charge is 2.15. The lowest BCUT2D eigenvalue weighted by Gasteiger charge is -2.24. The first kappa shape index (κ1) is 22.0. The lowest BCUT2D eigenvalue weighted by atomic mass is 9.88. The third-order valence-electron chi connectivity index (χ3n) is 5.65. The molecule has 158 valence electrons. The molecule has 2 heterocycles. The first-order valence-electron chi connectivity index (χ1n) is 10.9. The lowest BCUT2D eigenvalue weighted by molar-refractivity contribution is -0.109. The Bertz CT molecular complexity index is 864. The van der Waals surface area contributed by atoms with Gasteiger partial charge in [0.1, 0.15) is 12.1 Å². The Labute approximate surface area is 180 Å². The number of aldehydes is 1. The summed E-state index contributed by atoms with van der Waals surface area (Å²) in [6.07, 6.45) is 11.1. The molecule has 1 aliphatic rings. The Hall–Kier alpha value is -2.72. The number of carbonyl (C=O) groups is 1. The fourth-order valence-electron chi connectivity index (χ4n) is 3.88. The van der Waals surface area contributed by atoms with Crippen molar-refractivity contribution in [1.29, 1.82) is 0 Å². The minimum absolute atomic E-state index is 0.0844. The summed E-state index contributed by atoms with van der Waals surface area (Å²) in [6, 6.07) is 12.2. The number of rotatable bonds is 9. The maximum atomic E-state index is 11.5. The smallest absolute Gasteiger partial charge is 0.130 e. The van der Waals surface area contributed by atoms with Gasteiger partial charge in [-0.1, -0.05) is 57.2 Å². The third-order valence-corrected chi connectivity index (χ3v) is 5.65. The van der Waals surface area contributed by atoms with Crippen LogP contribution in [0.25, 0.3) is 11.1 Å². The summed E-state index contributed by atoms with van der Waals surface area (Å²) >= 11 is 0. The van der Waals surface area contributed by atoms with Crippen LogP contribution in [0, 0.1) is 5.92 Å². The molecule has 0 amide bonds. The molecule has 30 heavy (non-hydrogen) atoms. The van der Waals surface area contributed by atoms with Gasteiger partial charge in [0.2, 0.25) is 0 Å². The van der Waals surface area contributed by atoms with Gasteiger partial charge in [0, 0.05) is 29.9 Å². The molecule has 0 spiro atoms. The quantitative estimate of drug-likeness (QED) is 0.434. The SMILES string of the molecule is C=C(/C=C/CN1CCCCC1)Nc1ccc(-c2cccc(C(C=O)C(C)C)c2)cn1. The lowest BCUT2D eigenvalue weighted by Crippen LogP contribution is -2.29. The molecule has 2 aromatic rings. The van der Waals surface area contributed by atoms with E-state index in [1.54, 1.807) is 0 Å². The summed E-state index contributed by atoms with van der Waals surface area (Å²) in [5.74, 6) is 0.964. The number of piperidine rings is 1. The molecule has 1 aliphatic heterocycles. The minimum atomic E-state index is -0.0844. The topological polar surface area (TPSA) is 45.2 Å². The van der Waals surface area contributed by atoms with E-state index in [2.05, 4.69) is 53.8 Å². The van der Waals surface area contributed by atoms with Crippen LogP contribution >= 0.6 is 0 Å². The molecule has 1 unspecified atom stereocenters. The number of nitrogens with zero attached hydrogens (tertiary/aromatic N) is 2. The summed E-state index contributed by atoms with van der Waals surface area (Å²) in [7, 11) is 0. The van der Waals surface area contributed by atoms with Crippen LogP contribution in [-0.2, 0) is 4.79 Å². The Morgan fingerprint density at radius 3 is 2.63 bits per heavy atom. The second-order valence-corrected chi connectivity index (χ2v) is 8.38. The van der Waals surface area contributed by atoms with Crippen molar-refractivity contribution in [3.05, 3.63) is 72.6 Å². The van der Waals surface area contributed by atoms with E-state index in [-0.39, 0.29) is 11.8 Å². The zero-order valence-corrected chi connectivity index (χ0v) is 18.2. The molecule has 1 atom stereocenters. The molecule has 1 fully saturated rings. The van der Waals surface area contributed by atoms with Crippen LogP contribution in [0.3, 0.4) is 0 Å². The van der Waals surface area contributed by atoms with Gasteiger partial charge in [0.05, 0.1) is 0 Å². The highest BCUT2D eigenvalue weighted by atomic mass is 16.1. The average Bonchev–Trinajstić information content (AvgIpc) is 2.75. The van der Waals surface area contributed by atoms with Gasteiger partial charge in [-0.05, 0) is 61.2 Å². The van der Waals surface area contributed by atoms with Crippen LogP contribution in [0.2, 0.25) is 0 Å². The van der Waals surface area contributed by atoms with Crippen LogP contribution in [0.15, 0.2) is 67.0 Å². The second kappa shape index (κ2) is 10.9. The number of allylic oxidation sites excluding steroid dienone is 1. The van der Waals surface area contributed by atoms with Crippen LogP contribution in [-0.4, -0.2) is 35.8 Å². The molecule has 3 rings (SSSR count). The zero-order chi connectivity index (χ0) is 21.3. The van der Waals surface area contributed by atoms with Crippen molar-refractivity contribution < 1.29 is 4.79 Å². The van der Waals surface area contributed by atoms with Gasteiger partial charge in [-0.3, -0.25) is 4.90 Å². The van der Waals surface area contributed by atoms with Crippen molar-refractivity contribution in [2.75, 3.05) is 25.0 Å². The summed E-state index contributed by atoms with van der Waals surface area (Å²) in [5.41, 5.74) is 3.98. The molecular formula is C26H33N3O. The van der Waals surface area contributed by atoms with Gasteiger partial charge in [-0.25, -0.2) is 4.98 Å². The maximum Gasteiger partial charge on any atom is 0.130 e. The monoisotopic (exact) mass is 403 g/mol. The maximum absolute atomic E-state index is 11.5. The van der Waals surface area contributed by atoms with Crippen LogP contribution in [0.1, 0.15) is 44.6 Å². The van der Waals surface area contributed by atoms with Crippen LogP contribution in [0.4, 0.5) is 5.82 Å². The van der Waals surface area contributed by atoms with Crippen LogP contribution < -0.4 is 5.32 Å². The fraction of sp³-hybridized carbons (Fsp3) is 0.385. The van der Waals surface area contributed by atoms with Crippen molar-refractivity contribution in [3.8, 4) is 11.1 Å². The molecule has 1 saturated heterocycles. The number of nitrogens with one attached hydrogen (secondary N) is 1. The fourth-order valence-corrected chi connectivity index (χ4v) is 3.88. The molecule has 1 N–H and O–H groups in total. The Morgan fingerprint density at radius 1 is 1.17 bits per heavy atom. The molecule has 4 heteroatoms. The Morgan fingerprint density at radius 2 is 1.97 bits per heavy atom. The van der Waals surface area contributed by atoms with E-state index >= 15 is 0 Å². The average molecular weight is 404 g/mol.